The third kappa shape index (κ3) is 5.83. The van der Waals surface area contributed by atoms with Crippen LogP contribution in [0.2, 0.25) is 0 Å². The van der Waals surface area contributed by atoms with Gasteiger partial charge in [0, 0.05) is 32.1 Å². The Balaban J connectivity index is 1.45. The molecule has 2 fully saturated rings. The Bertz CT molecular complexity index is 1060. The van der Waals surface area contributed by atoms with Gasteiger partial charge in [-0.25, -0.2) is 4.79 Å². The fraction of sp³-hybridized carbons (Fsp3) is 0.615. The molecule has 0 unspecified atom stereocenters. The number of likely N-dealkylation sites (tertiary alicyclic amines) is 1. The van der Waals surface area contributed by atoms with Crippen LogP contribution in [0.3, 0.4) is 0 Å². The van der Waals surface area contributed by atoms with Crippen molar-refractivity contribution in [1.82, 2.24) is 15.0 Å². The first-order chi connectivity index (χ1) is 16.4. The number of piperidine rings is 1. The van der Waals surface area contributed by atoms with E-state index in [1.165, 1.54) is 4.90 Å². The minimum absolute atomic E-state index is 0.0638. The van der Waals surface area contributed by atoms with Gasteiger partial charge in [-0.2, -0.15) is 0 Å². The molecule has 4 rings (SSSR count). The van der Waals surface area contributed by atoms with E-state index >= 15 is 0 Å². The lowest BCUT2D eigenvalue weighted by atomic mass is 9.91. The van der Waals surface area contributed by atoms with Crippen LogP contribution >= 0.6 is 0 Å². The normalized spacial score (nSPS) is 17.6. The predicted molar refractivity (Wildman–Crippen MR) is 129 cm³/mol. The average molecular weight is 470 g/mol. The number of benzene rings is 1. The van der Waals surface area contributed by atoms with Crippen LogP contribution in [0.4, 0.5) is 4.79 Å². The summed E-state index contributed by atoms with van der Waals surface area (Å²) in [7, 11) is 5.71. The van der Waals surface area contributed by atoms with E-state index < -0.39 is 6.09 Å². The highest BCUT2D eigenvalue weighted by atomic mass is 16.5. The second kappa shape index (κ2) is 10.7. The maximum atomic E-state index is 11.1. The van der Waals surface area contributed by atoms with Crippen LogP contribution in [0.1, 0.15) is 43.4 Å². The number of aryl methyl sites for hydroxylation is 1. The zero-order chi connectivity index (χ0) is 24.1. The summed E-state index contributed by atoms with van der Waals surface area (Å²) in [5.41, 5.74) is 2.70. The van der Waals surface area contributed by atoms with Crippen molar-refractivity contribution in [3.63, 3.8) is 0 Å². The quantitative estimate of drug-likeness (QED) is 0.555. The van der Waals surface area contributed by atoms with E-state index in [0.29, 0.717) is 38.8 Å². The molecule has 1 amide bonds. The average Bonchev–Trinajstić information content (AvgIpc) is 3.46. The number of hydrogen-bond acceptors (Lipinski definition) is 6. The van der Waals surface area contributed by atoms with Gasteiger partial charge < -0.3 is 28.9 Å². The summed E-state index contributed by atoms with van der Waals surface area (Å²) >= 11 is 0. The number of rotatable bonds is 9. The number of carbonyl (C=O) groups is 1. The van der Waals surface area contributed by atoms with Crippen LogP contribution in [0.5, 0.6) is 5.75 Å². The van der Waals surface area contributed by atoms with E-state index in [4.69, 9.17) is 19.1 Å². The van der Waals surface area contributed by atoms with E-state index in [0.717, 1.165) is 66.5 Å². The minimum atomic E-state index is -0.818. The van der Waals surface area contributed by atoms with Crippen molar-refractivity contribution < 1.29 is 23.9 Å². The van der Waals surface area contributed by atoms with Crippen molar-refractivity contribution in [2.24, 2.45) is 11.3 Å². The van der Waals surface area contributed by atoms with Gasteiger partial charge in [-0.1, -0.05) is 17.0 Å². The van der Waals surface area contributed by atoms with Crippen molar-refractivity contribution in [3.8, 4) is 17.6 Å². The van der Waals surface area contributed by atoms with Gasteiger partial charge in [0.05, 0.1) is 16.7 Å². The molecule has 8 nitrogen and oxygen atoms in total. The van der Waals surface area contributed by atoms with E-state index in [-0.39, 0.29) is 5.41 Å². The van der Waals surface area contributed by atoms with E-state index in [1.807, 2.05) is 20.2 Å². The lowest BCUT2D eigenvalue weighted by Gasteiger charge is -2.29. The molecule has 1 aliphatic carbocycles. The molecule has 1 aromatic heterocycles. The second-order valence-corrected chi connectivity index (χ2v) is 9.84. The number of aromatic nitrogens is 1. The van der Waals surface area contributed by atoms with Gasteiger partial charge in [0.1, 0.15) is 19.0 Å². The predicted octanol–water partition coefficient (Wildman–Crippen LogP) is 4.02. The van der Waals surface area contributed by atoms with Crippen molar-refractivity contribution in [1.29, 1.82) is 0 Å². The SMILES string of the molecule is COCC#CC1(COc2ccc3c(CCC4CCN(C(=O)O)CC4)noc3c2CN(C)C)CC1. The molecule has 0 spiro atoms. The van der Waals surface area contributed by atoms with Gasteiger partial charge >= 0.3 is 6.09 Å². The first kappa shape index (κ1) is 24.4. The molecule has 2 aliphatic rings. The summed E-state index contributed by atoms with van der Waals surface area (Å²) in [6, 6.07) is 4.09. The van der Waals surface area contributed by atoms with Gasteiger partial charge in [-0.15, -0.1) is 0 Å². The summed E-state index contributed by atoms with van der Waals surface area (Å²) in [4.78, 5) is 14.7. The molecule has 1 N–H and O–H groups in total. The lowest BCUT2D eigenvalue weighted by Crippen LogP contribution is -2.37. The Morgan fingerprint density at radius 3 is 2.74 bits per heavy atom. The molecule has 0 radical (unpaired) electrons. The van der Waals surface area contributed by atoms with Crippen molar-refractivity contribution in [2.45, 2.75) is 45.1 Å². The van der Waals surface area contributed by atoms with Crippen LogP contribution in [0.25, 0.3) is 11.0 Å². The molecule has 1 saturated carbocycles. The highest BCUT2D eigenvalue weighted by molar-refractivity contribution is 5.84. The molecule has 184 valence electrons. The largest absolute Gasteiger partial charge is 0.492 e. The molecular weight excluding hydrogens is 434 g/mol. The zero-order valence-electron chi connectivity index (χ0n) is 20.4. The summed E-state index contributed by atoms with van der Waals surface area (Å²) < 4.78 is 17.2. The third-order valence-electron chi connectivity index (χ3n) is 6.85. The number of ether oxygens (including phenoxy) is 2. The zero-order valence-corrected chi connectivity index (χ0v) is 20.4. The van der Waals surface area contributed by atoms with E-state index in [1.54, 1.807) is 7.11 Å². The Labute approximate surface area is 201 Å². The second-order valence-electron chi connectivity index (χ2n) is 9.84. The van der Waals surface area contributed by atoms with Gasteiger partial charge in [-0.3, -0.25) is 0 Å². The maximum absolute atomic E-state index is 11.1. The molecule has 1 aromatic carbocycles. The molecule has 2 heterocycles. The standard InChI is InChI=1S/C26H35N3O5/c1-28(2)17-21-23(33-18-26(12-13-26)11-4-16-32-3)8-6-20-22(27-34-24(20)21)7-5-19-9-14-29(15-10-19)25(30)31/h6,8,19H,5,7,9-10,12-18H2,1-3H3,(H,30,31). The van der Waals surface area contributed by atoms with Crippen molar-refractivity contribution in [3.05, 3.63) is 23.4 Å². The monoisotopic (exact) mass is 469 g/mol. The van der Waals surface area contributed by atoms with Crippen LogP contribution in [-0.4, -0.2) is 73.7 Å². The molecule has 34 heavy (non-hydrogen) atoms. The molecule has 2 aromatic rings. The summed E-state index contributed by atoms with van der Waals surface area (Å²) in [5, 5.41) is 14.6. The highest BCUT2D eigenvalue weighted by Crippen LogP contribution is 2.45. The van der Waals surface area contributed by atoms with Gasteiger partial charge in [-0.05, 0) is 70.7 Å². The van der Waals surface area contributed by atoms with Crippen molar-refractivity contribution in [2.75, 3.05) is 47.5 Å². The Morgan fingerprint density at radius 2 is 2.09 bits per heavy atom. The first-order valence-corrected chi connectivity index (χ1v) is 12.1. The molecule has 8 heteroatoms. The van der Waals surface area contributed by atoms with Gasteiger partial charge in [0.15, 0.2) is 5.58 Å². The van der Waals surface area contributed by atoms with E-state index in [9.17, 15) is 4.79 Å². The maximum Gasteiger partial charge on any atom is 0.407 e. The molecule has 1 saturated heterocycles. The van der Waals surface area contributed by atoms with Crippen LogP contribution < -0.4 is 4.74 Å². The summed E-state index contributed by atoms with van der Waals surface area (Å²) in [5.74, 6) is 7.74. The fourth-order valence-corrected chi connectivity index (χ4v) is 4.59. The number of hydrogen-bond donors (Lipinski definition) is 1. The molecule has 1 aliphatic heterocycles. The number of amides is 1. The van der Waals surface area contributed by atoms with Crippen LogP contribution in [0, 0.1) is 23.2 Å². The lowest BCUT2D eigenvalue weighted by molar-refractivity contribution is 0.123. The van der Waals surface area contributed by atoms with Crippen LogP contribution in [-0.2, 0) is 17.7 Å². The molecular formula is C26H35N3O5. The Kier molecular flexibility index (Phi) is 7.64. The smallest absolute Gasteiger partial charge is 0.407 e. The molecule has 0 atom stereocenters. The highest BCUT2D eigenvalue weighted by Gasteiger charge is 2.42. The Morgan fingerprint density at radius 1 is 1.32 bits per heavy atom. The first-order valence-electron chi connectivity index (χ1n) is 12.1. The third-order valence-corrected chi connectivity index (χ3v) is 6.85. The Hall–Kier alpha value is -2.76. The van der Waals surface area contributed by atoms with Gasteiger partial charge in [0.25, 0.3) is 0 Å². The molecule has 0 bridgehead atoms. The fourth-order valence-electron chi connectivity index (χ4n) is 4.59. The summed E-state index contributed by atoms with van der Waals surface area (Å²) in [6.07, 6.45) is 4.90. The number of carboxylic acid groups (broad SMARTS) is 1. The number of fused-ring (bicyclic) bond motifs is 1. The van der Waals surface area contributed by atoms with Crippen LogP contribution in [0.15, 0.2) is 16.7 Å². The van der Waals surface area contributed by atoms with Crippen molar-refractivity contribution >= 4 is 17.1 Å². The number of methoxy groups -OCH3 is 1. The number of nitrogens with zero attached hydrogens (tertiary/aromatic N) is 3. The minimum Gasteiger partial charge on any atom is -0.492 e. The van der Waals surface area contributed by atoms with E-state index in [2.05, 4.69) is 28.0 Å². The topological polar surface area (TPSA) is 88.3 Å². The summed E-state index contributed by atoms with van der Waals surface area (Å²) in [6.45, 7) is 2.93. The van der Waals surface area contributed by atoms with Gasteiger partial charge in [0.2, 0.25) is 0 Å².